The third kappa shape index (κ3) is 7.40. The molecule has 2 aliphatic rings. The fraction of sp³-hybridized carbons (Fsp3) is 0.355. The summed E-state index contributed by atoms with van der Waals surface area (Å²) in [6.07, 6.45) is 6.45. The number of amides is 1. The topological polar surface area (TPSA) is 93.1 Å². The third-order valence-electron chi connectivity index (χ3n) is 7.70. The second kappa shape index (κ2) is 15.0. The van der Waals surface area contributed by atoms with E-state index in [-0.39, 0.29) is 36.9 Å². The van der Waals surface area contributed by atoms with Crippen molar-refractivity contribution in [3.63, 3.8) is 0 Å². The number of hydrogen-bond acceptors (Lipinski definition) is 7. The van der Waals surface area contributed by atoms with Crippen molar-refractivity contribution in [3.05, 3.63) is 88.2 Å². The molecule has 2 fully saturated rings. The Morgan fingerprint density at radius 1 is 0.955 bits per heavy atom. The molecule has 1 amide bonds. The lowest BCUT2D eigenvalue weighted by Gasteiger charge is -2.39. The van der Waals surface area contributed by atoms with Gasteiger partial charge in [0.25, 0.3) is 0 Å². The van der Waals surface area contributed by atoms with Crippen molar-refractivity contribution >= 4 is 29.8 Å². The highest BCUT2D eigenvalue weighted by Crippen LogP contribution is 2.38. The molecule has 13 heteroatoms. The van der Waals surface area contributed by atoms with E-state index >= 15 is 0 Å². The molecule has 0 bridgehead atoms. The molecule has 0 spiro atoms. The number of halogens is 5. The average molecular weight is 638 g/mol. The number of nitrogens with one attached hydrogen (secondary N) is 1. The summed E-state index contributed by atoms with van der Waals surface area (Å²) in [5.41, 5.74) is 4.25. The number of carbonyl (C=O) groups is 2. The van der Waals surface area contributed by atoms with Gasteiger partial charge in [-0.3, -0.25) is 9.59 Å². The Labute approximate surface area is 255 Å². The molecule has 1 saturated carbocycles. The van der Waals surface area contributed by atoms with Gasteiger partial charge in [0.15, 0.2) is 29.6 Å². The van der Waals surface area contributed by atoms with E-state index in [1.54, 1.807) is 5.48 Å². The maximum Gasteiger partial charge on any atom is 0.233 e. The number of carbonyl (C=O) groups excluding carboxylic acids is 2. The number of hydrogen-bond donors (Lipinski definition) is 3. The summed E-state index contributed by atoms with van der Waals surface area (Å²) in [4.78, 5) is 25.2. The molecule has 3 N–H and O–H groups in total. The van der Waals surface area contributed by atoms with Gasteiger partial charge in [0.05, 0.1) is 18.0 Å². The highest BCUT2D eigenvalue weighted by Gasteiger charge is 2.38. The number of rotatable bonds is 8. The molecule has 3 aromatic carbocycles. The van der Waals surface area contributed by atoms with Crippen LogP contribution < -0.4 is 10.4 Å². The lowest BCUT2D eigenvalue weighted by molar-refractivity contribution is -0.125. The molecule has 5 rings (SSSR count). The highest BCUT2D eigenvalue weighted by molar-refractivity contribution is 7.97. The number of phenolic OH excluding ortho intramolecular Hbond substituents is 1. The average Bonchev–Trinajstić information content (AvgIpc) is 3.01. The van der Waals surface area contributed by atoms with E-state index in [4.69, 9.17) is 5.21 Å². The Bertz CT molecular complexity index is 1450. The van der Waals surface area contributed by atoms with Crippen molar-refractivity contribution in [1.82, 2.24) is 9.79 Å². The minimum absolute atomic E-state index is 0.00147. The zero-order chi connectivity index (χ0) is 32.0. The van der Waals surface area contributed by atoms with E-state index in [1.807, 2.05) is 12.1 Å². The molecule has 1 aliphatic heterocycles. The molecular weight excluding hydrogens is 605 g/mol. The minimum atomic E-state index is -2.23. The first-order chi connectivity index (χ1) is 21.1. The Morgan fingerprint density at radius 3 is 2.07 bits per heavy atom. The predicted molar refractivity (Wildman–Crippen MR) is 155 cm³/mol. The largest absolute Gasteiger partial charge is 0.507 e. The molecule has 0 aromatic heterocycles. The second-order valence-corrected chi connectivity index (χ2v) is 11.7. The molecule has 7 nitrogen and oxygen atoms in total. The van der Waals surface area contributed by atoms with Gasteiger partial charge in [-0.25, -0.2) is 31.7 Å². The predicted octanol–water partition coefficient (Wildman–Crippen LogP) is 6.72. The Balaban J connectivity index is 0.00000141. The first-order valence-corrected chi connectivity index (χ1v) is 14.8. The molecule has 236 valence electrons. The van der Waals surface area contributed by atoms with Crippen LogP contribution in [0.25, 0.3) is 0 Å². The Morgan fingerprint density at radius 2 is 1.52 bits per heavy atom. The summed E-state index contributed by atoms with van der Waals surface area (Å²) < 4.78 is 70.2. The lowest BCUT2D eigenvalue weighted by atomic mass is 9.84. The van der Waals surface area contributed by atoms with Crippen LogP contribution in [-0.4, -0.2) is 46.9 Å². The standard InChI is InChI=1S/C30H27F5N2O3S.CH5NO/c31-24-25(32)27(34)29(28(35)26(24)33)41-36-14-21(15-36)30(40)37(22-11-10-20(16-38)23(39)12-22)13-17-6-8-19(9-7-17)18-4-2-1-3-5-18;1-2-3/h6-12,16,18,21,39H,1-5,13-15H2;2-3H,1H3. The van der Waals surface area contributed by atoms with E-state index in [0.29, 0.717) is 29.8 Å². The van der Waals surface area contributed by atoms with E-state index < -0.39 is 39.9 Å². The molecule has 44 heavy (non-hydrogen) atoms. The number of aromatic hydroxyl groups is 1. The van der Waals surface area contributed by atoms with Crippen molar-refractivity contribution in [1.29, 1.82) is 0 Å². The Hall–Kier alpha value is -3.52. The smallest absolute Gasteiger partial charge is 0.233 e. The highest BCUT2D eigenvalue weighted by atomic mass is 32.2. The summed E-state index contributed by atoms with van der Waals surface area (Å²) in [6.45, 7) is 0.155. The summed E-state index contributed by atoms with van der Waals surface area (Å²) in [5.74, 6) is -10.9. The van der Waals surface area contributed by atoms with Crippen molar-refractivity contribution in [2.24, 2.45) is 5.92 Å². The fourth-order valence-electron chi connectivity index (χ4n) is 5.29. The molecular formula is C31H32F5N3O4S. The summed E-state index contributed by atoms with van der Waals surface area (Å²) in [5, 5.41) is 17.6. The van der Waals surface area contributed by atoms with Crippen LogP contribution in [0, 0.1) is 35.0 Å². The van der Waals surface area contributed by atoms with Crippen molar-refractivity contribution in [3.8, 4) is 5.75 Å². The summed E-state index contributed by atoms with van der Waals surface area (Å²) in [7, 11) is 1.43. The molecule has 0 radical (unpaired) electrons. The molecule has 1 saturated heterocycles. The Kier molecular flexibility index (Phi) is 11.4. The monoisotopic (exact) mass is 637 g/mol. The van der Waals surface area contributed by atoms with Gasteiger partial charge in [-0.15, -0.1) is 0 Å². The third-order valence-corrected chi connectivity index (χ3v) is 8.80. The number of nitrogens with zero attached hydrogens (tertiary/aromatic N) is 2. The number of anilines is 1. The van der Waals surface area contributed by atoms with Gasteiger partial charge in [-0.05, 0) is 54.0 Å². The zero-order valence-electron chi connectivity index (χ0n) is 23.8. The zero-order valence-corrected chi connectivity index (χ0v) is 24.7. The van der Waals surface area contributed by atoms with E-state index in [0.717, 1.165) is 18.4 Å². The maximum atomic E-state index is 14.1. The summed E-state index contributed by atoms with van der Waals surface area (Å²) >= 11 is 0.363. The number of benzene rings is 3. The normalized spacial score (nSPS) is 15.7. The van der Waals surface area contributed by atoms with Crippen LogP contribution in [0.4, 0.5) is 27.6 Å². The minimum Gasteiger partial charge on any atom is -0.507 e. The van der Waals surface area contributed by atoms with E-state index in [2.05, 4.69) is 12.1 Å². The van der Waals surface area contributed by atoms with Gasteiger partial charge in [0.1, 0.15) is 10.6 Å². The first kappa shape index (κ1) is 33.4. The second-order valence-electron chi connectivity index (χ2n) is 10.6. The number of hydroxylamine groups is 1. The number of phenols is 1. The molecule has 3 aromatic rings. The van der Waals surface area contributed by atoms with Crippen LogP contribution in [0.5, 0.6) is 5.75 Å². The SMILES string of the molecule is CNO.O=Cc1ccc(N(Cc2ccc(C3CCCCC3)cc2)C(=O)C2CN(Sc3c(F)c(F)c(F)c(F)c3F)C2)cc1O. The van der Waals surface area contributed by atoms with Crippen LogP contribution in [0.3, 0.4) is 0 Å². The van der Waals surface area contributed by atoms with Crippen LogP contribution in [0.15, 0.2) is 47.4 Å². The van der Waals surface area contributed by atoms with Crippen molar-refractivity contribution in [2.75, 3.05) is 25.0 Å². The van der Waals surface area contributed by atoms with Gasteiger partial charge in [0.2, 0.25) is 11.7 Å². The molecule has 0 atom stereocenters. The van der Waals surface area contributed by atoms with Crippen molar-refractivity contribution < 1.29 is 41.9 Å². The van der Waals surface area contributed by atoms with Crippen molar-refractivity contribution in [2.45, 2.75) is 49.5 Å². The fourth-order valence-corrected chi connectivity index (χ4v) is 6.40. The van der Waals surface area contributed by atoms with E-state index in [1.165, 1.54) is 59.3 Å². The quantitative estimate of drug-likeness (QED) is 0.0631. The van der Waals surface area contributed by atoms with Gasteiger partial charge >= 0.3 is 0 Å². The molecule has 0 unspecified atom stereocenters. The summed E-state index contributed by atoms with van der Waals surface area (Å²) in [6, 6.07) is 12.3. The van der Waals surface area contributed by atoms with E-state index in [9.17, 15) is 36.6 Å². The number of aldehydes is 1. The lowest BCUT2D eigenvalue weighted by Crippen LogP contribution is -2.51. The van der Waals surface area contributed by atoms with Crippen LogP contribution in [-0.2, 0) is 11.3 Å². The van der Waals surface area contributed by atoms with Gasteiger partial charge in [-0.2, -0.15) is 0 Å². The van der Waals surface area contributed by atoms with Crippen LogP contribution in [0.1, 0.15) is 59.5 Å². The van der Waals surface area contributed by atoms with Gasteiger partial charge in [-0.1, -0.05) is 43.5 Å². The van der Waals surface area contributed by atoms with Gasteiger partial charge < -0.3 is 15.2 Å². The molecule has 1 aliphatic carbocycles. The first-order valence-electron chi connectivity index (χ1n) is 14.0. The van der Waals surface area contributed by atoms with Crippen LogP contribution >= 0.6 is 11.9 Å². The van der Waals surface area contributed by atoms with Gasteiger partial charge in [0, 0.05) is 31.9 Å². The van der Waals surface area contributed by atoms with Crippen LogP contribution in [0.2, 0.25) is 0 Å². The maximum absolute atomic E-state index is 14.1. The molecule has 1 heterocycles.